The van der Waals surface area contributed by atoms with Gasteiger partial charge in [-0.15, -0.1) is 0 Å². The molecule has 0 amide bonds. The van der Waals surface area contributed by atoms with Gasteiger partial charge in [-0.25, -0.2) is 4.79 Å². The Morgan fingerprint density at radius 3 is 2.39 bits per heavy atom. The molecular weight excluding hydrogens is 296 g/mol. The number of hydrogen-bond acceptors (Lipinski definition) is 5. The van der Waals surface area contributed by atoms with E-state index in [1.807, 2.05) is 37.4 Å². The van der Waals surface area contributed by atoms with E-state index in [0.29, 0.717) is 12.1 Å². The van der Waals surface area contributed by atoms with Crippen molar-refractivity contribution < 1.29 is 5.11 Å². The van der Waals surface area contributed by atoms with Crippen molar-refractivity contribution >= 4 is 5.71 Å². The number of aromatic hydroxyl groups is 1. The number of hydrazone groups is 1. The van der Waals surface area contributed by atoms with Gasteiger partial charge in [-0.2, -0.15) is 5.10 Å². The molecule has 7 heteroatoms. The first-order chi connectivity index (χ1) is 10.9. The molecule has 1 atom stereocenters. The first-order valence-corrected chi connectivity index (χ1v) is 7.26. The smallest absolute Gasteiger partial charge is 0.333 e. The summed E-state index contributed by atoms with van der Waals surface area (Å²) in [5.41, 5.74) is 0.541. The van der Waals surface area contributed by atoms with Gasteiger partial charge in [0.1, 0.15) is 5.56 Å². The van der Waals surface area contributed by atoms with Crippen LogP contribution in [0, 0.1) is 0 Å². The van der Waals surface area contributed by atoms with E-state index in [0.717, 1.165) is 14.7 Å². The van der Waals surface area contributed by atoms with E-state index >= 15 is 0 Å². The zero-order valence-corrected chi connectivity index (χ0v) is 13.2. The molecule has 1 aliphatic heterocycles. The van der Waals surface area contributed by atoms with Gasteiger partial charge in [0.25, 0.3) is 5.56 Å². The zero-order chi connectivity index (χ0) is 16.7. The van der Waals surface area contributed by atoms with Crippen LogP contribution in [0.4, 0.5) is 0 Å². The van der Waals surface area contributed by atoms with Crippen LogP contribution in [0.5, 0.6) is 5.88 Å². The van der Waals surface area contributed by atoms with Gasteiger partial charge in [0, 0.05) is 27.6 Å². The molecule has 1 aromatic carbocycles. The third kappa shape index (κ3) is 2.34. The SMILES string of the molecule is CN1N=C(c2c(O)n(C)c(=O)n(C)c2=O)C[C@H]1c1ccccc1. The summed E-state index contributed by atoms with van der Waals surface area (Å²) in [4.78, 5) is 24.2. The maximum absolute atomic E-state index is 12.4. The Bertz CT molecular complexity index is 896. The Balaban J connectivity index is 2.07. The summed E-state index contributed by atoms with van der Waals surface area (Å²) in [6.07, 6.45) is 0.488. The molecule has 0 bridgehead atoms. The van der Waals surface area contributed by atoms with Gasteiger partial charge in [-0.1, -0.05) is 30.3 Å². The third-order valence-electron chi connectivity index (χ3n) is 4.22. The minimum Gasteiger partial charge on any atom is -0.494 e. The molecule has 0 spiro atoms. The van der Waals surface area contributed by atoms with Crippen LogP contribution < -0.4 is 11.2 Å². The molecule has 1 aromatic heterocycles. The molecule has 7 nitrogen and oxygen atoms in total. The van der Waals surface area contributed by atoms with Crippen molar-refractivity contribution in [3.8, 4) is 5.88 Å². The average molecular weight is 314 g/mol. The van der Waals surface area contributed by atoms with Crippen LogP contribution in [-0.2, 0) is 14.1 Å². The highest BCUT2D eigenvalue weighted by Gasteiger charge is 2.30. The van der Waals surface area contributed by atoms with Crippen LogP contribution in [0.1, 0.15) is 23.6 Å². The number of benzene rings is 1. The van der Waals surface area contributed by atoms with Crippen molar-refractivity contribution in [1.29, 1.82) is 0 Å². The van der Waals surface area contributed by atoms with Crippen molar-refractivity contribution in [1.82, 2.24) is 14.1 Å². The van der Waals surface area contributed by atoms with E-state index in [1.54, 1.807) is 5.01 Å². The highest BCUT2D eigenvalue weighted by molar-refractivity contribution is 6.03. The topological polar surface area (TPSA) is 79.8 Å². The van der Waals surface area contributed by atoms with Crippen LogP contribution in [0.25, 0.3) is 0 Å². The Morgan fingerprint density at radius 1 is 1.09 bits per heavy atom. The van der Waals surface area contributed by atoms with Gasteiger partial charge in [-0.05, 0) is 5.56 Å². The predicted octanol–water partition coefficient (Wildman–Crippen LogP) is 0.570. The fourth-order valence-corrected chi connectivity index (χ4v) is 2.86. The van der Waals surface area contributed by atoms with E-state index in [1.165, 1.54) is 14.1 Å². The summed E-state index contributed by atoms with van der Waals surface area (Å²) < 4.78 is 2.03. The van der Waals surface area contributed by atoms with Crippen LogP contribution in [-0.4, -0.2) is 32.0 Å². The Labute approximate surface area is 132 Å². The second-order valence-corrected chi connectivity index (χ2v) is 5.66. The van der Waals surface area contributed by atoms with Crippen molar-refractivity contribution in [2.75, 3.05) is 7.05 Å². The molecule has 3 rings (SSSR count). The van der Waals surface area contributed by atoms with Crippen LogP contribution >= 0.6 is 0 Å². The lowest BCUT2D eigenvalue weighted by molar-refractivity contribution is 0.290. The average Bonchev–Trinajstić information content (AvgIpc) is 2.93. The molecule has 0 aliphatic carbocycles. The summed E-state index contributed by atoms with van der Waals surface area (Å²) in [5.74, 6) is -0.348. The van der Waals surface area contributed by atoms with Crippen LogP contribution in [0.3, 0.4) is 0 Å². The molecule has 0 fully saturated rings. The zero-order valence-electron chi connectivity index (χ0n) is 13.2. The molecule has 2 heterocycles. The normalized spacial score (nSPS) is 17.4. The summed E-state index contributed by atoms with van der Waals surface area (Å²) in [6, 6.07) is 9.83. The van der Waals surface area contributed by atoms with Gasteiger partial charge in [0.15, 0.2) is 0 Å². The minimum absolute atomic E-state index is 0.00691. The van der Waals surface area contributed by atoms with Crippen LogP contribution in [0.2, 0.25) is 0 Å². The first kappa shape index (κ1) is 15.1. The van der Waals surface area contributed by atoms with E-state index in [4.69, 9.17) is 0 Å². The number of nitrogens with zero attached hydrogens (tertiary/aromatic N) is 4. The largest absolute Gasteiger partial charge is 0.494 e. The monoisotopic (exact) mass is 314 g/mol. The van der Waals surface area contributed by atoms with Crippen molar-refractivity contribution in [3.05, 3.63) is 62.3 Å². The molecule has 0 saturated heterocycles. The van der Waals surface area contributed by atoms with Gasteiger partial charge in [0.2, 0.25) is 5.88 Å². The Morgan fingerprint density at radius 2 is 1.74 bits per heavy atom. The number of rotatable bonds is 2. The molecule has 23 heavy (non-hydrogen) atoms. The third-order valence-corrected chi connectivity index (χ3v) is 4.22. The minimum atomic E-state index is -0.567. The Kier molecular flexibility index (Phi) is 3.55. The fraction of sp³-hybridized carbons (Fsp3) is 0.312. The molecule has 0 unspecified atom stereocenters. The summed E-state index contributed by atoms with van der Waals surface area (Å²) in [6.45, 7) is 0. The number of hydrogen-bond donors (Lipinski definition) is 1. The van der Waals surface area contributed by atoms with Crippen LogP contribution in [0.15, 0.2) is 45.0 Å². The first-order valence-electron chi connectivity index (χ1n) is 7.26. The predicted molar refractivity (Wildman–Crippen MR) is 86.7 cm³/mol. The molecule has 2 aromatic rings. The number of aromatic nitrogens is 2. The van der Waals surface area contributed by atoms with E-state index in [9.17, 15) is 14.7 Å². The molecule has 1 aliphatic rings. The lowest BCUT2D eigenvalue weighted by Crippen LogP contribution is -2.39. The lowest BCUT2D eigenvalue weighted by Gasteiger charge is -2.18. The standard InChI is InChI=1S/C16H18N4O3/c1-18-14(21)13(15(22)19(2)16(18)23)11-9-12(20(3)17-11)10-7-5-4-6-8-10/h4-8,12,21H,9H2,1-3H3/t12-/m0/s1. The summed E-state index contributed by atoms with van der Waals surface area (Å²) in [7, 11) is 4.64. The lowest BCUT2D eigenvalue weighted by atomic mass is 9.99. The summed E-state index contributed by atoms with van der Waals surface area (Å²) >= 11 is 0. The van der Waals surface area contributed by atoms with Crippen molar-refractivity contribution in [2.45, 2.75) is 12.5 Å². The molecule has 0 saturated carbocycles. The maximum atomic E-state index is 12.4. The second kappa shape index (κ2) is 5.42. The molecule has 120 valence electrons. The van der Waals surface area contributed by atoms with Gasteiger partial charge < -0.3 is 5.11 Å². The molecule has 0 radical (unpaired) electrons. The van der Waals surface area contributed by atoms with E-state index in [2.05, 4.69) is 5.10 Å². The quantitative estimate of drug-likeness (QED) is 0.879. The second-order valence-electron chi connectivity index (χ2n) is 5.66. The summed E-state index contributed by atoms with van der Waals surface area (Å²) in [5, 5.41) is 16.4. The maximum Gasteiger partial charge on any atom is 0.333 e. The van der Waals surface area contributed by atoms with Gasteiger partial charge >= 0.3 is 5.69 Å². The van der Waals surface area contributed by atoms with E-state index < -0.39 is 11.2 Å². The van der Waals surface area contributed by atoms with E-state index in [-0.39, 0.29) is 17.5 Å². The van der Waals surface area contributed by atoms with Crippen molar-refractivity contribution in [2.24, 2.45) is 19.2 Å². The Hall–Kier alpha value is -2.83. The highest BCUT2D eigenvalue weighted by Crippen LogP contribution is 2.31. The van der Waals surface area contributed by atoms with Crippen molar-refractivity contribution in [3.63, 3.8) is 0 Å². The molecule has 1 N–H and O–H groups in total. The van der Waals surface area contributed by atoms with Gasteiger partial charge in [0.05, 0.1) is 11.8 Å². The molecular formula is C16H18N4O3. The highest BCUT2D eigenvalue weighted by atomic mass is 16.3. The van der Waals surface area contributed by atoms with Gasteiger partial charge in [-0.3, -0.25) is 18.9 Å². The fourth-order valence-electron chi connectivity index (χ4n) is 2.86.